The van der Waals surface area contributed by atoms with Gasteiger partial charge in [-0.25, -0.2) is 9.78 Å². The van der Waals surface area contributed by atoms with Crippen LogP contribution in [0.5, 0.6) is 11.6 Å². The normalized spacial score (nSPS) is 11.1. The molecule has 3 aromatic heterocycles. The Morgan fingerprint density at radius 3 is 2.52 bits per heavy atom. The number of aromatic amines is 1. The Morgan fingerprint density at radius 1 is 1.16 bits per heavy atom. The monoisotopic (exact) mass is 458 g/mol. The highest BCUT2D eigenvalue weighted by Crippen LogP contribution is 2.38. The fourth-order valence-electron chi connectivity index (χ4n) is 2.80. The highest BCUT2D eigenvalue weighted by atomic mass is 35.5. The third-order valence-electron chi connectivity index (χ3n) is 4.23. The lowest BCUT2D eigenvalue weighted by atomic mass is 10.1. The van der Waals surface area contributed by atoms with Gasteiger partial charge in [0.15, 0.2) is 11.4 Å². The van der Waals surface area contributed by atoms with Crippen LogP contribution in [0.15, 0.2) is 34.1 Å². The molecular formula is C18H12Cl2N8O3. The molecule has 156 valence electrons. The van der Waals surface area contributed by atoms with Crippen molar-refractivity contribution in [2.24, 2.45) is 0 Å². The topological polar surface area (TPSA) is 124 Å². The van der Waals surface area contributed by atoms with Crippen molar-refractivity contribution in [2.75, 3.05) is 0 Å². The van der Waals surface area contributed by atoms with E-state index < -0.39 is 17.1 Å². The highest BCUT2D eigenvalue weighted by molar-refractivity contribution is 6.37. The highest BCUT2D eigenvalue weighted by Gasteiger charge is 2.19. The van der Waals surface area contributed by atoms with Gasteiger partial charge in [-0.3, -0.25) is 9.78 Å². The molecule has 31 heavy (non-hydrogen) atoms. The summed E-state index contributed by atoms with van der Waals surface area (Å²) in [6.45, 7) is 11.0. The summed E-state index contributed by atoms with van der Waals surface area (Å²) >= 11 is 12.7. The summed E-state index contributed by atoms with van der Waals surface area (Å²) in [5, 5.41) is 12.1. The molecule has 0 aliphatic rings. The van der Waals surface area contributed by atoms with Crippen LogP contribution in [0.2, 0.25) is 10.0 Å². The van der Waals surface area contributed by atoms with Crippen LogP contribution in [-0.4, -0.2) is 34.6 Å². The van der Waals surface area contributed by atoms with Crippen molar-refractivity contribution >= 4 is 34.7 Å². The zero-order valence-electron chi connectivity index (χ0n) is 16.0. The van der Waals surface area contributed by atoms with Gasteiger partial charge in [0, 0.05) is 11.6 Å². The molecule has 4 rings (SSSR count). The Balaban J connectivity index is 1.78. The maximum absolute atomic E-state index is 12.1. The Morgan fingerprint density at radius 2 is 1.87 bits per heavy atom. The predicted octanol–water partition coefficient (Wildman–Crippen LogP) is 3.13. The molecule has 0 radical (unpaired) electrons. The number of H-pyrrole nitrogens is 1. The lowest BCUT2D eigenvalue weighted by Crippen LogP contribution is -2.30. The summed E-state index contributed by atoms with van der Waals surface area (Å²) in [6.07, 6.45) is 1.39. The molecule has 13 heteroatoms. The first-order valence-corrected chi connectivity index (χ1v) is 9.53. The smallest absolute Gasteiger partial charge is 0.365 e. The van der Waals surface area contributed by atoms with E-state index in [-0.39, 0.29) is 33.3 Å². The van der Waals surface area contributed by atoms with Gasteiger partial charge in [-0.05, 0) is 23.1 Å². The van der Waals surface area contributed by atoms with E-state index in [0.717, 1.165) is 10.2 Å². The Kier molecular flexibility index (Phi) is 5.18. The van der Waals surface area contributed by atoms with Crippen LogP contribution >= 0.6 is 23.2 Å². The summed E-state index contributed by atoms with van der Waals surface area (Å²) < 4.78 is 7.97. The first-order valence-electron chi connectivity index (χ1n) is 8.78. The van der Waals surface area contributed by atoms with E-state index in [0.29, 0.717) is 5.65 Å². The number of nitrogens with one attached hydrogen (secondary N) is 1. The second-order valence-corrected chi connectivity index (χ2v) is 7.43. The Labute approximate surface area is 183 Å². The summed E-state index contributed by atoms with van der Waals surface area (Å²) in [4.78, 5) is 32.9. The van der Waals surface area contributed by atoms with Crippen LogP contribution in [0, 0.1) is 6.57 Å². The van der Waals surface area contributed by atoms with Crippen molar-refractivity contribution in [2.45, 2.75) is 19.8 Å². The molecular weight excluding hydrogens is 447 g/mol. The van der Waals surface area contributed by atoms with Gasteiger partial charge in [-0.1, -0.05) is 43.6 Å². The van der Waals surface area contributed by atoms with E-state index in [9.17, 15) is 9.59 Å². The quantitative estimate of drug-likeness (QED) is 0.465. The van der Waals surface area contributed by atoms with E-state index >= 15 is 0 Å². The fourth-order valence-corrected chi connectivity index (χ4v) is 3.36. The van der Waals surface area contributed by atoms with Gasteiger partial charge in [0.2, 0.25) is 5.88 Å². The van der Waals surface area contributed by atoms with Crippen LogP contribution in [0.25, 0.3) is 16.2 Å². The van der Waals surface area contributed by atoms with Crippen LogP contribution in [-0.2, 0) is 0 Å². The second kappa shape index (κ2) is 7.82. The Bertz CT molecular complexity index is 1460. The van der Waals surface area contributed by atoms with Gasteiger partial charge in [-0.2, -0.15) is 0 Å². The lowest BCUT2D eigenvalue weighted by molar-refractivity contribution is 0.447. The molecule has 0 fully saturated rings. The van der Waals surface area contributed by atoms with Gasteiger partial charge in [0.1, 0.15) is 6.33 Å². The van der Waals surface area contributed by atoms with Crippen molar-refractivity contribution in [3.05, 3.63) is 72.4 Å². The van der Waals surface area contributed by atoms with E-state index in [1.54, 1.807) is 6.07 Å². The largest absolute Gasteiger partial charge is 0.434 e. The first kappa shape index (κ1) is 20.5. The van der Waals surface area contributed by atoms with E-state index in [1.807, 2.05) is 18.8 Å². The number of hydrogen-bond donors (Lipinski definition) is 1. The number of rotatable bonds is 4. The van der Waals surface area contributed by atoms with Crippen LogP contribution < -0.4 is 16.0 Å². The van der Waals surface area contributed by atoms with E-state index in [2.05, 4.69) is 25.1 Å². The van der Waals surface area contributed by atoms with Crippen molar-refractivity contribution in [1.82, 2.24) is 34.6 Å². The molecule has 0 aliphatic heterocycles. The molecule has 0 aliphatic carbocycles. The third kappa shape index (κ3) is 3.74. The molecule has 0 saturated carbocycles. The number of nitrogens with zero attached hydrogens (tertiary/aromatic N) is 7. The molecule has 4 aromatic rings. The number of hydrogen-bond acceptors (Lipinski definition) is 7. The van der Waals surface area contributed by atoms with Crippen LogP contribution in [0.3, 0.4) is 0 Å². The van der Waals surface area contributed by atoms with Crippen molar-refractivity contribution in [3.8, 4) is 17.3 Å². The maximum atomic E-state index is 12.1. The summed E-state index contributed by atoms with van der Waals surface area (Å²) in [5.74, 6) is -0.0940. The summed E-state index contributed by atoms with van der Waals surface area (Å²) in [6, 6.07) is 4.44. The van der Waals surface area contributed by atoms with E-state index in [1.165, 1.54) is 23.1 Å². The minimum atomic E-state index is -0.885. The number of ether oxygens (including phenoxy) is 1. The first-order chi connectivity index (χ1) is 14.8. The third-order valence-corrected chi connectivity index (χ3v) is 4.80. The second-order valence-electron chi connectivity index (χ2n) is 6.61. The standard InChI is InChI=1S/C18H12Cl2N8O3/c1-8(2)10-6-13(25-28-16(10)22-7-23-28)31-14-11(19)4-9(5-12(14)20)27-18(30)24-17(29)15(21-3)26-27/h4-8H,1-2H3,(H,24,29,30). The van der Waals surface area contributed by atoms with Crippen LogP contribution in [0.4, 0.5) is 5.82 Å². The molecule has 1 aromatic carbocycles. The summed E-state index contributed by atoms with van der Waals surface area (Å²) in [5.41, 5.74) is -0.130. The van der Waals surface area contributed by atoms with Crippen molar-refractivity contribution in [1.29, 1.82) is 0 Å². The minimum Gasteiger partial charge on any atom is -0.434 e. The Hall–Kier alpha value is -3.75. The summed E-state index contributed by atoms with van der Waals surface area (Å²) in [7, 11) is 0. The predicted molar refractivity (Wildman–Crippen MR) is 112 cm³/mol. The average molecular weight is 459 g/mol. The molecule has 0 spiro atoms. The van der Waals surface area contributed by atoms with Crippen LogP contribution in [0.1, 0.15) is 25.3 Å². The zero-order chi connectivity index (χ0) is 22.3. The van der Waals surface area contributed by atoms with Gasteiger partial charge in [-0.15, -0.1) is 19.5 Å². The average Bonchev–Trinajstić information content (AvgIpc) is 3.18. The lowest BCUT2D eigenvalue weighted by Gasteiger charge is -2.12. The van der Waals surface area contributed by atoms with Crippen molar-refractivity contribution < 1.29 is 4.74 Å². The zero-order valence-corrected chi connectivity index (χ0v) is 17.5. The molecule has 0 atom stereocenters. The number of fused-ring (bicyclic) bond motifs is 1. The van der Waals surface area contributed by atoms with E-state index in [4.69, 9.17) is 34.5 Å². The van der Waals surface area contributed by atoms with Gasteiger partial charge < -0.3 is 9.58 Å². The number of benzene rings is 1. The van der Waals surface area contributed by atoms with Gasteiger partial charge >= 0.3 is 11.5 Å². The maximum Gasteiger partial charge on any atom is 0.365 e. The number of aromatic nitrogens is 7. The van der Waals surface area contributed by atoms with Gasteiger partial charge in [0.25, 0.3) is 5.56 Å². The SMILES string of the molecule is [C-]#[N+]c1nn(-c2cc(Cl)c(Oc3cc(C(C)C)c4ncnn4n3)c(Cl)c2)c(=O)[nH]c1=O. The minimum absolute atomic E-state index is 0.0540. The van der Waals surface area contributed by atoms with Gasteiger partial charge in [0.05, 0.1) is 15.7 Å². The van der Waals surface area contributed by atoms with Crippen molar-refractivity contribution in [3.63, 3.8) is 0 Å². The molecule has 11 nitrogen and oxygen atoms in total. The molecule has 0 amide bonds. The number of halogens is 2. The molecule has 1 N–H and O–H groups in total. The molecule has 0 bridgehead atoms. The molecule has 3 heterocycles. The molecule has 0 saturated heterocycles. The molecule has 0 unspecified atom stereocenters. The fraction of sp³-hybridized carbons (Fsp3) is 0.167.